The molecular formula is C14H18N8. The lowest BCUT2D eigenvalue weighted by molar-refractivity contribution is 0.526. The van der Waals surface area contributed by atoms with Gasteiger partial charge in [-0.15, -0.1) is 10.2 Å². The first kappa shape index (κ1) is 14.1. The number of aliphatic imine (C=N–C) groups is 2. The molecule has 0 unspecified atom stereocenters. The number of aryl methyl sites for hydroxylation is 1. The summed E-state index contributed by atoms with van der Waals surface area (Å²) in [6.45, 7) is 0.967. The van der Waals surface area contributed by atoms with Crippen LogP contribution in [0.15, 0.2) is 34.3 Å². The number of rotatable bonds is 2. The Morgan fingerprint density at radius 2 is 1.82 bits per heavy atom. The van der Waals surface area contributed by atoms with Crippen LogP contribution in [0, 0.1) is 0 Å². The molecule has 0 spiro atoms. The van der Waals surface area contributed by atoms with Crippen molar-refractivity contribution in [2.75, 3.05) is 0 Å². The van der Waals surface area contributed by atoms with Crippen molar-refractivity contribution in [2.24, 2.45) is 27.2 Å². The standard InChI is InChI=1S/C14H18N8/c15-13(16)19-14(17)18-10-6-4-9(5-7-10)12-21-20-11-3-1-2-8-22(11)12/h4-7H,1-3,8H2,(H6,15,16,17,18,19). The summed E-state index contributed by atoms with van der Waals surface area (Å²) in [6.07, 6.45) is 3.33. The predicted molar refractivity (Wildman–Crippen MR) is 85.5 cm³/mol. The second-order valence-electron chi connectivity index (χ2n) is 5.10. The highest BCUT2D eigenvalue weighted by atomic mass is 15.3. The summed E-state index contributed by atoms with van der Waals surface area (Å²) in [5.41, 5.74) is 17.8. The molecule has 0 bridgehead atoms. The highest BCUT2D eigenvalue weighted by Gasteiger charge is 2.16. The maximum absolute atomic E-state index is 5.61. The number of nitrogens with two attached hydrogens (primary N) is 3. The van der Waals surface area contributed by atoms with E-state index >= 15 is 0 Å². The Morgan fingerprint density at radius 3 is 2.55 bits per heavy atom. The van der Waals surface area contributed by atoms with Crippen LogP contribution >= 0.6 is 0 Å². The summed E-state index contributed by atoms with van der Waals surface area (Å²) in [6, 6.07) is 7.56. The molecule has 2 aromatic rings. The minimum atomic E-state index is -0.118. The van der Waals surface area contributed by atoms with Gasteiger partial charge in [-0.2, -0.15) is 4.99 Å². The van der Waals surface area contributed by atoms with E-state index in [1.165, 1.54) is 6.42 Å². The highest BCUT2D eigenvalue weighted by molar-refractivity contribution is 5.93. The van der Waals surface area contributed by atoms with Crippen molar-refractivity contribution in [2.45, 2.75) is 25.8 Å². The molecule has 0 saturated carbocycles. The molecule has 1 aliphatic heterocycles. The molecule has 6 N–H and O–H groups in total. The van der Waals surface area contributed by atoms with Crippen molar-refractivity contribution in [3.63, 3.8) is 0 Å². The summed E-state index contributed by atoms with van der Waals surface area (Å²) in [5, 5.41) is 8.55. The fourth-order valence-electron chi connectivity index (χ4n) is 2.50. The van der Waals surface area contributed by atoms with Gasteiger partial charge >= 0.3 is 0 Å². The topological polar surface area (TPSA) is 133 Å². The Hall–Kier alpha value is -2.90. The third-order valence-corrected chi connectivity index (χ3v) is 3.47. The van der Waals surface area contributed by atoms with Gasteiger partial charge in [-0.05, 0) is 37.1 Å². The van der Waals surface area contributed by atoms with Crippen LogP contribution in [-0.4, -0.2) is 26.7 Å². The van der Waals surface area contributed by atoms with E-state index < -0.39 is 0 Å². The first-order valence-electron chi connectivity index (χ1n) is 7.10. The van der Waals surface area contributed by atoms with E-state index in [1.54, 1.807) is 0 Å². The number of hydrogen-bond donors (Lipinski definition) is 3. The third kappa shape index (κ3) is 2.90. The molecule has 0 fully saturated rings. The Bertz CT molecular complexity index is 722. The lowest BCUT2D eigenvalue weighted by Gasteiger charge is -2.14. The molecule has 0 aliphatic carbocycles. The zero-order valence-corrected chi connectivity index (χ0v) is 12.1. The van der Waals surface area contributed by atoms with Crippen LogP contribution < -0.4 is 17.2 Å². The van der Waals surface area contributed by atoms with Gasteiger partial charge in [-0.1, -0.05) is 0 Å². The minimum absolute atomic E-state index is 0.0209. The molecule has 22 heavy (non-hydrogen) atoms. The van der Waals surface area contributed by atoms with Gasteiger partial charge in [0.2, 0.25) is 5.96 Å². The highest BCUT2D eigenvalue weighted by Crippen LogP contribution is 2.24. The molecule has 1 aliphatic rings. The minimum Gasteiger partial charge on any atom is -0.370 e. The maximum atomic E-state index is 5.61. The predicted octanol–water partition coefficient (Wildman–Crippen LogP) is 0.501. The van der Waals surface area contributed by atoms with Crippen molar-refractivity contribution in [3.8, 4) is 11.4 Å². The van der Waals surface area contributed by atoms with Gasteiger partial charge in [-0.3, -0.25) is 0 Å². The SMILES string of the molecule is NC(N)=NC(N)=Nc1ccc(-c2nnc3n2CCCC3)cc1. The molecular weight excluding hydrogens is 280 g/mol. The summed E-state index contributed by atoms with van der Waals surface area (Å²) in [4.78, 5) is 7.79. The molecule has 0 radical (unpaired) electrons. The van der Waals surface area contributed by atoms with E-state index in [-0.39, 0.29) is 11.9 Å². The maximum Gasteiger partial charge on any atom is 0.223 e. The van der Waals surface area contributed by atoms with E-state index in [0.717, 1.165) is 36.6 Å². The molecule has 3 rings (SSSR count). The number of guanidine groups is 2. The van der Waals surface area contributed by atoms with Crippen molar-refractivity contribution in [1.82, 2.24) is 14.8 Å². The number of hydrogen-bond acceptors (Lipinski definition) is 3. The summed E-state index contributed by atoms with van der Waals surface area (Å²) < 4.78 is 2.18. The molecule has 2 heterocycles. The lowest BCUT2D eigenvalue weighted by atomic mass is 10.1. The molecule has 1 aromatic carbocycles. The first-order valence-corrected chi connectivity index (χ1v) is 7.10. The van der Waals surface area contributed by atoms with Gasteiger partial charge in [0.15, 0.2) is 11.8 Å². The smallest absolute Gasteiger partial charge is 0.223 e. The Morgan fingerprint density at radius 1 is 1.05 bits per heavy atom. The Kier molecular flexibility index (Phi) is 3.73. The van der Waals surface area contributed by atoms with Crippen LogP contribution in [0.5, 0.6) is 0 Å². The molecule has 0 amide bonds. The average molecular weight is 298 g/mol. The van der Waals surface area contributed by atoms with Gasteiger partial charge in [0, 0.05) is 18.5 Å². The Labute approximate surface area is 127 Å². The lowest BCUT2D eigenvalue weighted by Crippen LogP contribution is -2.26. The second-order valence-corrected chi connectivity index (χ2v) is 5.10. The summed E-state index contributed by atoms with van der Waals surface area (Å²) in [5.74, 6) is 1.85. The molecule has 0 saturated heterocycles. The van der Waals surface area contributed by atoms with Crippen LogP contribution in [0.4, 0.5) is 5.69 Å². The quantitative estimate of drug-likeness (QED) is 0.548. The monoisotopic (exact) mass is 298 g/mol. The second kappa shape index (κ2) is 5.84. The van der Waals surface area contributed by atoms with Crippen LogP contribution in [0.25, 0.3) is 11.4 Å². The number of benzene rings is 1. The van der Waals surface area contributed by atoms with Crippen LogP contribution in [0.2, 0.25) is 0 Å². The fraction of sp³-hybridized carbons (Fsp3) is 0.286. The van der Waals surface area contributed by atoms with Crippen LogP contribution in [0.1, 0.15) is 18.7 Å². The zero-order chi connectivity index (χ0) is 15.5. The van der Waals surface area contributed by atoms with E-state index in [0.29, 0.717) is 5.69 Å². The van der Waals surface area contributed by atoms with Crippen molar-refractivity contribution >= 4 is 17.6 Å². The van der Waals surface area contributed by atoms with Crippen LogP contribution in [-0.2, 0) is 13.0 Å². The number of aromatic nitrogens is 3. The average Bonchev–Trinajstić information content (AvgIpc) is 2.91. The van der Waals surface area contributed by atoms with Gasteiger partial charge in [0.25, 0.3) is 0 Å². The zero-order valence-electron chi connectivity index (χ0n) is 12.1. The number of nitrogens with zero attached hydrogens (tertiary/aromatic N) is 5. The normalized spacial score (nSPS) is 14.5. The van der Waals surface area contributed by atoms with Gasteiger partial charge < -0.3 is 21.8 Å². The first-order chi connectivity index (χ1) is 10.6. The van der Waals surface area contributed by atoms with Gasteiger partial charge in [0.05, 0.1) is 5.69 Å². The van der Waals surface area contributed by atoms with E-state index in [4.69, 9.17) is 17.2 Å². The van der Waals surface area contributed by atoms with Gasteiger partial charge in [-0.25, -0.2) is 4.99 Å². The largest absolute Gasteiger partial charge is 0.370 e. The van der Waals surface area contributed by atoms with Crippen molar-refractivity contribution in [3.05, 3.63) is 30.1 Å². The Balaban J connectivity index is 1.86. The fourth-order valence-corrected chi connectivity index (χ4v) is 2.50. The van der Waals surface area contributed by atoms with E-state index in [2.05, 4.69) is 24.7 Å². The molecule has 0 atom stereocenters. The molecule has 8 heteroatoms. The van der Waals surface area contributed by atoms with Crippen molar-refractivity contribution in [1.29, 1.82) is 0 Å². The third-order valence-electron chi connectivity index (χ3n) is 3.47. The van der Waals surface area contributed by atoms with Gasteiger partial charge in [0.1, 0.15) is 5.82 Å². The molecule has 114 valence electrons. The molecule has 1 aromatic heterocycles. The molecule has 8 nitrogen and oxygen atoms in total. The van der Waals surface area contributed by atoms with Crippen molar-refractivity contribution < 1.29 is 0 Å². The van der Waals surface area contributed by atoms with E-state index in [9.17, 15) is 0 Å². The summed E-state index contributed by atoms with van der Waals surface area (Å²) in [7, 11) is 0. The summed E-state index contributed by atoms with van der Waals surface area (Å²) >= 11 is 0. The number of fused-ring (bicyclic) bond motifs is 1. The van der Waals surface area contributed by atoms with Crippen LogP contribution in [0.3, 0.4) is 0 Å². The van der Waals surface area contributed by atoms with E-state index in [1.807, 2.05) is 24.3 Å².